The molecule has 0 aliphatic rings. The van der Waals surface area contributed by atoms with E-state index in [4.69, 9.17) is 20.8 Å². The first kappa shape index (κ1) is 22.4. The number of amides is 1. The molecule has 11 heteroatoms. The molecule has 0 atom stereocenters. The van der Waals surface area contributed by atoms with Gasteiger partial charge in [0.25, 0.3) is 5.91 Å². The number of nitrogens with one attached hydrogen (secondary N) is 1. The van der Waals surface area contributed by atoms with Crippen molar-refractivity contribution in [2.24, 2.45) is 0 Å². The summed E-state index contributed by atoms with van der Waals surface area (Å²) in [6.45, 7) is -0.435. The molecule has 2 aromatic heterocycles. The Morgan fingerprint density at radius 1 is 1.06 bits per heavy atom. The molecule has 0 saturated heterocycles. The lowest BCUT2D eigenvalue weighted by atomic mass is 10.2. The predicted octanol–water partition coefficient (Wildman–Crippen LogP) is 5.57. The predicted molar refractivity (Wildman–Crippen MR) is 110 cm³/mol. The monoisotopic (exact) mass is 479 g/mol. The van der Waals surface area contributed by atoms with Gasteiger partial charge in [-0.25, -0.2) is 17.6 Å². The van der Waals surface area contributed by atoms with Gasteiger partial charge in [0.15, 0.2) is 23.2 Å². The number of halogens is 5. The quantitative estimate of drug-likeness (QED) is 0.214. The lowest BCUT2D eigenvalue weighted by Crippen LogP contribution is -2.11. The van der Waals surface area contributed by atoms with E-state index < -0.39 is 41.3 Å². The first-order chi connectivity index (χ1) is 15.8. The first-order valence-electron chi connectivity index (χ1n) is 9.43. The number of anilines is 1. The minimum absolute atomic E-state index is 0.00449. The normalized spacial score (nSPS) is 10.9. The second-order valence-electron chi connectivity index (χ2n) is 6.84. The Labute approximate surface area is 189 Å². The first-order valence-corrected chi connectivity index (χ1v) is 9.80. The fraction of sp³-hybridized carbons (Fsp3) is 0.0909. The fourth-order valence-corrected chi connectivity index (χ4v) is 3.01. The van der Waals surface area contributed by atoms with Gasteiger partial charge in [-0.05, 0) is 36.4 Å². The van der Waals surface area contributed by atoms with Gasteiger partial charge in [0.2, 0.25) is 0 Å². The van der Waals surface area contributed by atoms with Crippen molar-refractivity contribution in [3.8, 4) is 5.75 Å². The Balaban J connectivity index is 1.37. The smallest absolute Gasteiger partial charge is 0.291 e. The van der Waals surface area contributed by atoms with Crippen LogP contribution in [0.15, 0.2) is 59.3 Å². The van der Waals surface area contributed by atoms with Crippen LogP contribution in [0.25, 0.3) is 0 Å². The zero-order valence-electron chi connectivity index (χ0n) is 16.6. The molecule has 0 bridgehead atoms. The molecule has 0 aliphatic heterocycles. The highest BCUT2D eigenvalue weighted by Gasteiger charge is 2.20. The molecule has 0 saturated carbocycles. The number of carbonyl (C=O) groups is 1. The highest BCUT2D eigenvalue weighted by atomic mass is 35.5. The largest absolute Gasteiger partial charge is 0.486 e. The van der Waals surface area contributed by atoms with Gasteiger partial charge in [-0.2, -0.15) is 5.10 Å². The molecule has 2 aromatic carbocycles. The molecule has 0 radical (unpaired) electrons. The molecule has 1 N–H and O–H groups in total. The van der Waals surface area contributed by atoms with Gasteiger partial charge in [-0.3, -0.25) is 9.48 Å². The van der Waals surface area contributed by atoms with E-state index in [1.807, 2.05) is 0 Å². The molecule has 2 heterocycles. The van der Waals surface area contributed by atoms with Crippen LogP contribution in [-0.2, 0) is 13.2 Å². The Kier molecular flexibility index (Phi) is 6.36. The van der Waals surface area contributed by atoms with Crippen molar-refractivity contribution in [3.63, 3.8) is 0 Å². The Morgan fingerprint density at radius 2 is 1.82 bits per heavy atom. The summed E-state index contributed by atoms with van der Waals surface area (Å²) in [4.78, 5) is 12.4. The van der Waals surface area contributed by atoms with E-state index in [1.54, 1.807) is 30.3 Å². The van der Waals surface area contributed by atoms with Crippen LogP contribution in [0.4, 0.5) is 23.2 Å². The van der Waals surface area contributed by atoms with Crippen molar-refractivity contribution >= 4 is 23.2 Å². The topological polar surface area (TPSA) is 69.3 Å². The van der Waals surface area contributed by atoms with Gasteiger partial charge in [-0.1, -0.05) is 11.6 Å². The molecule has 0 unspecified atom stereocenters. The second-order valence-corrected chi connectivity index (χ2v) is 7.27. The van der Waals surface area contributed by atoms with Gasteiger partial charge < -0.3 is 14.5 Å². The van der Waals surface area contributed by atoms with Gasteiger partial charge in [0, 0.05) is 22.8 Å². The van der Waals surface area contributed by atoms with Gasteiger partial charge in [0.05, 0.1) is 18.4 Å². The number of aromatic nitrogens is 2. The Bertz CT molecular complexity index is 1300. The number of carbonyl (C=O) groups excluding carboxylic acids is 1. The lowest BCUT2D eigenvalue weighted by Gasteiger charge is -2.07. The van der Waals surface area contributed by atoms with E-state index >= 15 is 0 Å². The number of hydrogen-bond acceptors (Lipinski definition) is 4. The molecular formula is C22H14ClF4N3O3. The number of rotatable bonds is 7. The van der Waals surface area contributed by atoms with E-state index in [-0.39, 0.29) is 24.1 Å². The third-order valence-corrected chi connectivity index (χ3v) is 4.75. The van der Waals surface area contributed by atoms with E-state index in [0.29, 0.717) is 16.5 Å². The van der Waals surface area contributed by atoms with Crippen LogP contribution in [0.5, 0.6) is 5.75 Å². The summed E-state index contributed by atoms with van der Waals surface area (Å²) in [5, 5.41) is 6.95. The minimum Gasteiger partial charge on any atom is -0.486 e. The number of ether oxygens (including phenoxy) is 1. The average molecular weight is 480 g/mol. The van der Waals surface area contributed by atoms with Crippen LogP contribution in [0.3, 0.4) is 0 Å². The molecule has 33 heavy (non-hydrogen) atoms. The third kappa shape index (κ3) is 5.17. The third-order valence-electron chi connectivity index (χ3n) is 4.50. The average Bonchev–Trinajstić information content (AvgIpc) is 3.44. The molecule has 1 amide bonds. The number of furan rings is 1. The molecule has 170 valence electrons. The summed E-state index contributed by atoms with van der Waals surface area (Å²) in [5.41, 5.74) is -0.509. The van der Waals surface area contributed by atoms with Crippen LogP contribution >= 0.6 is 11.6 Å². The maximum atomic E-state index is 13.8. The molecule has 0 fully saturated rings. The fourth-order valence-electron chi connectivity index (χ4n) is 2.88. The molecule has 0 spiro atoms. The highest BCUT2D eigenvalue weighted by molar-refractivity contribution is 6.30. The molecule has 4 aromatic rings. The van der Waals surface area contributed by atoms with Gasteiger partial charge >= 0.3 is 0 Å². The molecule has 0 aliphatic carbocycles. The van der Waals surface area contributed by atoms with E-state index in [9.17, 15) is 22.4 Å². The minimum atomic E-state index is -1.78. The van der Waals surface area contributed by atoms with Crippen molar-refractivity contribution in [2.75, 3.05) is 5.32 Å². The summed E-state index contributed by atoms with van der Waals surface area (Å²) < 4.78 is 66.2. The van der Waals surface area contributed by atoms with Gasteiger partial charge in [-0.15, -0.1) is 0 Å². The summed E-state index contributed by atoms with van der Waals surface area (Å²) >= 11 is 5.81. The van der Waals surface area contributed by atoms with Crippen LogP contribution in [0.1, 0.15) is 21.9 Å². The molecule has 6 nitrogen and oxygen atoms in total. The van der Waals surface area contributed by atoms with E-state index in [2.05, 4.69) is 10.4 Å². The summed E-state index contributed by atoms with van der Waals surface area (Å²) in [6.07, 6.45) is 2.49. The summed E-state index contributed by atoms with van der Waals surface area (Å²) in [5.74, 6) is -5.93. The molecular weight excluding hydrogens is 466 g/mol. The Hall–Kier alpha value is -3.79. The molecule has 4 rings (SSSR count). The van der Waals surface area contributed by atoms with Crippen molar-refractivity contribution < 1.29 is 31.5 Å². The number of hydrogen-bond donors (Lipinski definition) is 1. The number of benzene rings is 2. The van der Waals surface area contributed by atoms with Crippen molar-refractivity contribution in [1.82, 2.24) is 9.78 Å². The highest BCUT2D eigenvalue weighted by Crippen LogP contribution is 2.21. The van der Waals surface area contributed by atoms with Crippen LogP contribution < -0.4 is 10.1 Å². The maximum Gasteiger partial charge on any atom is 0.291 e. The second kappa shape index (κ2) is 9.37. The van der Waals surface area contributed by atoms with Crippen LogP contribution in [0.2, 0.25) is 5.02 Å². The van der Waals surface area contributed by atoms with Crippen LogP contribution in [0, 0.1) is 23.3 Å². The van der Waals surface area contributed by atoms with Crippen molar-refractivity contribution in [2.45, 2.75) is 13.2 Å². The summed E-state index contributed by atoms with van der Waals surface area (Å²) in [7, 11) is 0. The van der Waals surface area contributed by atoms with Gasteiger partial charge in [0.1, 0.15) is 23.9 Å². The SMILES string of the molecule is O=C(Nc1cnn(Cc2c(F)cc(F)c(F)c2F)c1)c1ccc(COc2ccc(Cl)cc2)o1. The van der Waals surface area contributed by atoms with Crippen molar-refractivity contribution in [1.29, 1.82) is 0 Å². The zero-order chi connectivity index (χ0) is 23.5. The van der Waals surface area contributed by atoms with Crippen molar-refractivity contribution in [3.05, 3.63) is 100 Å². The lowest BCUT2D eigenvalue weighted by molar-refractivity contribution is 0.0992. The van der Waals surface area contributed by atoms with E-state index in [1.165, 1.54) is 18.5 Å². The maximum absolute atomic E-state index is 13.8. The van der Waals surface area contributed by atoms with E-state index in [0.717, 1.165) is 4.68 Å². The zero-order valence-corrected chi connectivity index (χ0v) is 17.4. The number of nitrogens with zero attached hydrogens (tertiary/aromatic N) is 2. The Morgan fingerprint density at radius 3 is 2.58 bits per heavy atom. The van der Waals surface area contributed by atoms with Crippen LogP contribution in [-0.4, -0.2) is 15.7 Å². The standard InChI is InChI=1S/C22H14ClF4N3O3/c23-12-1-3-14(4-2-12)32-11-15-5-6-19(33-15)22(31)29-13-8-28-30(9-13)10-16-17(24)7-18(25)21(27)20(16)26/h1-9H,10-11H2,(H,29,31). The summed E-state index contributed by atoms with van der Waals surface area (Å²) in [6, 6.07) is 10.0.